The zero-order chi connectivity index (χ0) is 21.6. The molecule has 5 N–H and O–H groups in total. The summed E-state index contributed by atoms with van der Waals surface area (Å²) in [6.45, 7) is 2.74. The minimum Gasteiger partial charge on any atom is -0.390 e. The largest absolute Gasteiger partial charge is 0.390 e. The lowest BCUT2D eigenvalue weighted by atomic mass is 9.79. The number of hydrogen-bond acceptors (Lipinski definition) is 8. The van der Waals surface area contributed by atoms with E-state index in [2.05, 4.69) is 30.9 Å². The third-order valence-corrected chi connectivity index (χ3v) is 10.5. The maximum Gasteiger partial charge on any atom is 0.217 e. The number of piperidine rings is 1. The summed E-state index contributed by atoms with van der Waals surface area (Å²) in [5.41, 5.74) is 6.20. The Morgan fingerprint density at radius 3 is 2.68 bits per heavy atom. The van der Waals surface area contributed by atoms with Gasteiger partial charge in [-0.05, 0) is 56.9 Å². The van der Waals surface area contributed by atoms with Crippen molar-refractivity contribution in [2.24, 2.45) is 11.8 Å². The number of nitrogens with one attached hydrogen (secondary N) is 4. The second-order valence-corrected chi connectivity index (χ2v) is 12.6. The summed E-state index contributed by atoms with van der Waals surface area (Å²) in [6.07, 6.45) is 9.14. The van der Waals surface area contributed by atoms with E-state index in [1.54, 1.807) is 0 Å². The van der Waals surface area contributed by atoms with Crippen LogP contribution in [0.1, 0.15) is 57.8 Å². The van der Waals surface area contributed by atoms with Gasteiger partial charge >= 0.3 is 0 Å². The second kappa shape index (κ2) is 8.79. The fourth-order valence-corrected chi connectivity index (χ4v) is 8.43. The first-order valence-corrected chi connectivity index (χ1v) is 13.8. The van der Waals surface area contributed by atoms with Crippen LogP contribution < -0.4 is 20.9 Å². The van der Waals surface area contributed by atoms with E-state index >= 15 is 0 Å². The number of sulfonamides is 1. The average molecular weight is 457 g/mol. The van der Waals surface area contributed by atoms with Crippen molar-refractivity contribution in [1.29, 1.82) is 0 Å². The number of aliphatic hydroxyl groups is 1. The van der Waals surface area contributed by atoms with Crippen molar-refractivity contribution >= 4 is 10.0 Å². The van der Waals surface area contributed by atoms with E-state index < -0.39 is 20.9 Å². The monoisotopic (exact) mass is 456 g/mol. The summed E-state index contributed by atoms with van der Waals surface area (Å²) in [6, 6.07) is 0.216. The van der Waals surface area contributed by atoms with Crippen LogP contribution in [0.3, 0.4) is 0 Å². The van der Waals surface area contributed by atoms with Gasteiger partial charge in [0.2, 0.25) is 10.0 Å². The molecule has 0 aromatic heterocycles. The first-order chi connectivity index (χ1) is 14.9. The molecule has 2 saturated carbocycles. The average Bonchev–Trinajstić information content (AvgIpc) is 3.49. The number of rotatable bonds is 5. The van der Waals surface area contributed by atoms with Gasteiger partial charge in [-0.3, -0.25) is 10.9 Å². The van der Waals surface area contributed by atoms with Gasteiger partial charge < -0.3 is 10.4 Å². The Labute approximate surface area is 186 Å². The molecule has 9 nitrogen and oxygen atoms in total. The lowest BCUT2D eigenvalue weighted by Crippen LogP contribution is -2.56. The Morgan fingerprint density at radius 2 is 1.87 bits per heavy atom. The maximum absolute atomic E-state index is 13.3. The minimum atomic E-state index is -3.42. The van der Waals surface area contributed by atoms with Crippen LogP contribution in [0.15, 0.2) is 0 Å². The SMILES string of the molecule is CN1NCC2CCCC(NS(=O)(=O)C3CNN(C4CC(C5(O)CCCC5)CCN4)C3)C21. The standard InChI is InChI=1S/C21H40N6O3S/c1-26-20-15(12-23-26)5-4-6-18(20)25-31(29,30)17-13-24-27(14-17)19-11-16(7-10-22-19)21(28)8-2-3-9-21/h15-20,22-25,28H,2-14H2,1H3. The third kappa shape index (κ3) is 4.42. The van der Waals surface area contributed by atoms with Gasteiger partial charge in [0.15, 0.2) is 0 Å². The molecule has 3 saturated heterocycles. The summed E-state index contributed by atoms with van der Waals surface area (Å²) in [7, 11) is -1.39. The van der Waals surface area contributed by atoms with Crippen molar-refractivity contribution < 1.29 is 13.5 Å². The first kappa shape index (κ1) is 22.5. The van der Waals surface area contributed by atoms with Gasteiger partial charge in [0.05, 0.1) is 11.8 Å². The van der Waals surface area contributed by atoms with Crippen molar-refractivity contribution in [3.63, 3.8) is 0 Å². The summed E-state index contributed by atoms with van der Waals surface area (Å²) in [4.78, 5) is 0. The molecule has 31 heavy (non-hydrogen) atoms. The lowest BCUT2D eigenvalue weighted by molar-refractivity contribution is -0.0468. The molecular formula is C21H40N6O3S. The van der Waals surface area contributed by atoms with Gasteiger partial charge in [0, 0.05) is 38.8 Å². The van der Waals surface area contributed by atoms with E-state index in [1.807, 2.05) is 7.05 Å². The van der Waals surface area contributed by atoms with Gasteiger partial charge in [-0.2, -0.15) is 0 Å². The number of fused-ring (bicyclic) bond motifs is 1. The van der Waals surface area contributed by atoms with Crippen LogP contribution >= 0.6 is 0 Å². The highest BCUT2D eigenvalue weighted by molar-refractivity contribution is 7.90. The van der Waals surface area contributed by atoms with Crippen molar-refractivity contribution in [3.8, 4) is 0 Å². The van der Waals surface area contributed by atoms with E-state index in [0.29, 0.717) is 24.9 Å². The Balaban J connectivity index is 1.20. The Bertz CT molecular complexity index is 743. The molecule has 2 aliphatic carbocycles. The molecule has 3 heterocycles. The summed E-state index contributed by atoms with van der Waals surface area (Å²) < 4.78 is 29.6. The molecule has 6 unspecified atom stereocenters. The second-order valence-electron chi connectivity index (χ2n) is 10.6. The topological polar surface area (TPSA) is 109 Å². The van der Waals surface area contributed by atoms with Crippen molar-refractivity contribution in [1.82, 2.24) is 30.9 Å². The number of hydrogen-bond donors (Lipinski definition) is 5. The highest BCUT2D eigenvalue weighted by atomic mass is 32.2. The summed E-state index contributed by atoms with van der Waals surface area (Å²) >= 11 is 0. The van der Waals surface area contributed by atoms with Gasteiger partial charge in [-0.1, -0.05) is 19.3 Å². The smallest absolute Gasteiger partial charge is 0.217 e. The van der Waals surface area contributed by atoms with E-state index in [1.165, 1.54) is 6.42 Å². The Kier molecular flexibility index (Phi) is 6.37. The first-order valence-electron chi connectivity index (χ1n) is 12.3. The highest BCUT2D eigenvalue weighted by Gasteiger charge is 2.46. The molecule has 5 rings (SSSR count). The summed E-state index contributed by atoms with van der Waals surface area (Å²) in [5, 5.41) is 18.3. The molecule has 5 aliphatic rings. The van der Waals surface area contributed by atoms with Crippen LogP contribution in [0.25, 0.3) is 0 Å². The van der Waals surface area contributed by atoms with Crippen LogP contribution in [0, 0.1) is 11.8 Å². The quantitative estimate of drug-likeness (QED) is 0.384. The minimum absolute atomic E-state index is 0.0217. The predicted molar refractivity (Wildman–Crippen MR) is 119 cm³/mol. The van der Waals surface area contributed by atoms with E-state index in [9.17, 15) is 13.5 Å². The number of likely N-dealkylation sites (N-methyl/N-ethyl adjacent to an activating group) is 1. The van der Waals surface area contributed by atoms with Crippen molar-refractivity contribution in [2.45, 2.75) is 86.9 Å². The lowest BCUT2D eigenvalue weighted by Gasteiger charge is -2.42. The van der Waals surface area contributed by atoms with Gasteiger partial charge in [0.25, 0.3) is 0 Å². The molecular weight excluding hydrogens is 416 g/mol. The van der Waals surface area contributed by atoms with Gasteiger partial charge in [0.1, 0.15) is 5.25 Å². The molecule has 0 spiro atoms. The number of hydrazine groups is 2. The zero-order valence-electron chi connectivity index (χ0n) is 18.7. The van der Waals surface area contributed by atoms with Crippen LogP contribution in [0.2, 0.25) is 0 Å². The van der Waals surface area contributed by atoms with Gasteiger partial charge in [-0.25, -0.2) is 23.2 Å². The molecule has 3 aliphatic heterocycles. The van der Waals surface area contributed by atoms with Crippen LogP contribution in [0.5, 0.6) is 0 Å². The van der Waals surface area contributed by atoms with Crippen LogP contribution in [-0.4, -0.2) is 85.9 Å². The highest BCUT2D eigenvalue weighted by Crippen LogP contribution is 2.41. The van der Waals surface area contributed by atoms with Crippen LogP contribution in [-0.2, 0) is 10.0 Å². The summed E-state index contributed by atoms with van der Waals surface area (Å²) in [5.74, 6) is 0.816. The predicted octanol–water partition coefficient (Wildman–Crippen LogP) is -0.287. The van der Waals surface area contributed by atoms with E-state index in [-0.39, 0.29) is 18.2 Å². The molecule has 0 aromatic carbocycles. The van der Waals surface area contributed by atoms with Crippen molar-refractivity contribution in [3.05, 3.63) is 0 Å². The normalized spacial score (nSPS) is 42.1. The molecule has 0 amide bonds. The van der Waals surface area contributed by atoms with E-state index in [0.717, 1.165) is 64.5 Å². The Hall–Kier alpha value is -0.330. The van der Waals surface area contributed by atoms with Crippen LogP contribution in [0.4, 0.5) is 0 Å². The molecule has 0 bridgehead atoms. The zero-order valence-corrected chi connectivity index (χ0v) is 19.5. The molecule has 0 radical (unpaired) electrons. The molecule has 10 heteroatoms. The van der Waals surface area contributed by atoms with Gasteiger partial charge in [-0.15, -0.1) is 0 Å². The fourth-order valence-electron chi connectivity index (χ4n) is 6.91. The third-order valence-electron chi connectivity index (χ3n) is 8.70. The fraction of sp³-hybridized carbons (Fsp3) is 1.00. The Morgan fingerprint density at radius 1 is 1.06 bits per heavy atom. The maximum atomic E-state index is 13.3. The molecule has 6 atom stereocenters. The molecule has 0 aromatic rings. The number of nitrogens with zero attached hydrogens (tertiary/aromatic N) is 2. The molecule has 178 valence electrons. The van der Waals surface area contributed by atoms with E-state index in [4.69, 9.17) is 0 Å². The van der Waals surface area contributed by atoms with Crippen molar-refractivity contribution in [2.75, 3.05) is 33.2 Å². The molecule has 5 fully saturated rings.